The minimum atomic E-state index is -3.60. The third kappa shape index (κ3) is 4.61. The minimum absolute atomic E-state index is 0.0452. The molecular formula is C10H14ClNO4S. The Balaban J connectivity index is 2.55. The number of aliphatic hydroxyl groups excluding tert-OH is 1. The van der Waals surface area contributed by atoms with Gasteiger partial charge >= 0.3 is 0 Å². The van der Waals surface area contributed by atoms with Crippen molar-refractivity contribution in [1.82, 2.24) is 4.72 Å². The average molecular weight is 280 g/mol. The van der Waals surface area contributed by atoms with E-state index in [1.165, 1.54) is 12.1 Å². The van der Waals surface area contributed by atoms with Crippen LogP contribution in [0.5, 0.6) is 0 Å². The number of nitrogens with one attached hydrogen (secondary N) is 1. The first-order chi connectivity index (χ1) is 8.08. The van der Waals surface area contributed by atoms with E-state index in [1.54, 1.807) is 12.1 Å². The fourth-order valence-electron chi connectivity index (χ4n) is 1.16. The van der Waals surface area contributed by atoms with Crippen molar-refractivity contribution in [3.63, 3.8) is 0 Å². The SMILES string of the molecule is O=S(=O)(NCCOCCO)c1ccccc1Cl. The molecule has 5 nitrogen and oxygen atoms in total. The van der Waals surface area contributed by atoms with Crippen molar-refractivity contribution in [3.8, 4) is 0 Å². The van der Waals surface area contributed by atoms with Crippen LogP contribution in [0.1, 0.15) is 0 Å². The van der Waals surface area contributed by atoms with Gasteiger partial charge in [-0.1, -0.05) is 23.7 Å². The van der Waals surface area contributed by atoms with Crippen LogP contribution in [0, 0.1) is 0 Å². The summed E-state index contributed by atoms with van der Waals surface area (Å²) in [5.41, 5.74) is 0. The highest BCUT2D eigenvalue weighted by Gasteiger charge is 2.16. The summed E-state index contributed by atoms with van der Waals surface area (Å²) < 4.78 is 30.9. The molecule has 0 aliphatic heterocycles. The summed E-state index contributed by atoms with van der Waals surface area (Å²) in [6, 6.07) is 6.20. The fourth-order valence-corrected chi connectivity index (χ4v) is 2.69. The van der Waals surface area contributed by atoms with Gasteiger partial charge in [-0.15, -0.1) is 0 Å². The smallest absolute Gasteiger partial charge is 0.242 e. The van der Waals surface area contributed by atoms with Crippen LogP contribution in [-0.4, -0.2) is 39.9 Å². The lowest BCUT2D eigenvalue weighted by Crippen LogP contribution is -2.28. The molecule has 0 saturated heterocycles. The third-order valence-electron chi connectivity index (χ3n) is 1.90. The van der Waals surface area contributed by atoms with E-state index in [-0.39, 0.29) is 36.3 Å². The lowest BCUT2D eigenvalue weighted by molar-refractivity contribution is 0.0961. The van der Waals surface area contributed by atoms with Crippen LogP contribution in [-0.2, 0) is 14.8 Å². The molecule has 0 saturated carbocycles. The molecule has 2 N–H and O–H groups in total. The molecule has 7 heteroatoms. The molecule has 0 fully saturated rings. The molecule has 0 heterocycles. The zero-order chi connectivity index (χ0) is 12.7. The Morgan fingerprint density at radius 3 is 2.65 bits per heavy atom. The van der Waals surface area contributed by atoms with Crippen molar-refractivity contribution in [2.24, 2.45) is 0 Å². The normalized spacial score (nSPS) is 11.6. The van der Waals surface area contributed by atoms with E-state index in [9.17, 15) is 8.42 Å². The molecule has 0 atom stereocenters. The minimum Gasteiger partial charge on any atom is -0.394 e. The topological polar surface area (TPSA) is 75.6 Å². The van der Waals surface area contributed by atoms with Crippen LogP contribution in [0.3, 0.4) is 0 Å². The second-order valence-electron chi connectivity index (χ2n) is 3.16. The molecule has 0 unspecified atom stereocenters. The molecule has 0 aliphatic rings. The molecule has 1 aromatic rings. The van der Waals surface area contributed by atoms with Crippen LogP contribution in [0.25, 0.3) is 0 Å². The number of hydrogen-bond acceptors (Lipinski definition) is 4. The van der Waals surface area contributed by atoms with Gasteiger partial charge in [-0.05, 0) is 12.1 Å². The summed E-state index contributed by atoms with van der Waals surface area (Å²) in [4.78, 5) is 0.0452. The summed E-state index contributed by atoms with van der Waals surface area (Å²) in [7, 11) is -3.60. The lowest BCUT2D eigenvalue weighted by atomic mass is 10.4. The maximum absolute atomic E-state index is 11.8. The van der Waals surface area contributed by atoms with Crippen molar-refractivity contribution in [3.05, 3.63) is 29.3 Å². The van der Waals surface area contributed by atoms with Crippen LogP contribution in [0.2, 0.25) is 5.02 Å². The van der Waals surface area contributed by atoms with Gasteiger partial charge in [-0.25, -0.2) is 13.1 Å². The molecule has 0 radical (unpaired) electrons. The van der Waals surface area contributed by atoms with Gasteiger partial charge < -0.3 is 9.84 Å². The zero-order valence-corrected chi connectivity index (χ0v) is 10.7. The van der Waals surface area contributed by atoms with E-state index in [4.69, 9.17) is 21.4 Å². The molecule has 0 bridgehead atoms. The van der Waals surface area contributed by atoms with Crippen LogP contribution < -0.4 is 4.72 Å². The number of sulfonamides is 1. The highest BCUT2D eigenvalue weighted by molar-refractivity contribution is 7.89. The Hall–Kier alpha value is -0.660. The Morgan fingerprint density at radius 1 is 1.29 bits per heavy atom. The standard InChI is InChI=1S/C10H14ClNO4S/c11-9-3-1-2-4-10(9)17(14,15)12-5-7-16-8-6-13/h1-4,12-13H,5-8H2. The number of benzene rings is 1. The Bertz CT molecular complexity index is 449. The number of hydrogen-bond donors (Lipinski definition) is 2. The second-order valence-corrected chi connectivity index (χ2v) is 5.31. The van der Waals surface area contributed by atoms with Gasteiger partial charge in [0.15, 0.2) is 0 Å². The van der Waals surface area contributed by atoms with Crippen LogP contribution >= 0.6 is 11.6 Å². The number of halogens is 1. The Kier molecular flexibility index (Phi) is 5.87. The van der Waals surface area contributed by atoms with Gasteiger partial charge in [0.05, 0.1) is 24.8 Å². The largest absolute Gasteiger partial charge is 0.394 e. The van der Waals surface area contributed by atoms with Crippen molar-refractivity contribution in [1.29, 1.82) is 0 Å². The lowest BCUT2D eigenvalue weighted by Gasteiger charge is -2.08. The third-order valence-corrected chi connectivity index (χ3v) is 3.86. The molecule has 0 spiro atoms. The van der Waals surface area contributed by atoms with Crippen molar-refractivity contribution in [2.75, 3.05) is 26.4 Å². The average Bonchev–Trinajstić information content (AvgIpc) is 2.29. The first kappa shape index (κ1) is 14.4. The van der Waals surface area contributed by atoms with Crippen molar-refractivity contribution in [2.45, 2.75) is 4.90 Å². The van der Waals surface area contributed by atoms with E-state index in [1.807, 2.05) is 0 Å². The quantitative estimate of drug-likeness (QED) is 0.718. The number of aliphatic hydroxyl groups is 1. The molecule has 1 aromatic carbocycles. The molecular weight excluding hydrogens is 266 g/mol. The van der Waals surface area contributed by atoms with E-state index < -0.39 is 10.0 Å². The Morgan fingerprint density at radius 2 is 2.00 bits per heavy atom. The second kappa shape index (κ2) is 6.93. The number of ether oxygens (including phenoxy) is 1. The fraction of sp³-hybridized carbons (Fsp3) is 0.400. The van der Waals surface area contributed by atoms with E-state index in [0.717, 1.165) is 0 Å². The van der Waals surface area contributed by atoms with Crippen molar-refractivity contribution >= 4 is 21.6 Å². The maximum Gasteiger partial charge on any atom is 0.242 e. The van der Waals surface area contributed by atoms with Gasteiger partial charge in [0, 0.05) is 6.54 Å². The van der Waals surface area contributed by atoms with Gasteiger partial charge in [-0.2, -0.15) is 0 Å². The Labute approximate surface area is 105 Å². The molecule has 96 valence electrons. The summed E-state index contributed by atoms with van der Waals surface area (Å²) in [6.07, 6.45) is 0. The van der Waals surface area contributed by atoms with Crippen LogP contribution in [0.4, 0.5) is 0 Å². The first-order valence-corrected chi connectivity index (χ1v) is 6.87. The summed E-state index contributed by atoms with van der Waals surface area (Å²) in [6.45, 7) is 0.433. The molecule has 0 aliphatic carbocycles. The number of rotatable bonds is 7. The maximum atomic E-state index is 11.8. The monoisotopic (exact) mass is 279 g/mol. The summed E-state index contributed by atoms with van der Waals surface area (Å²) in [5.74, 6) is 0. The molecule has 0 amide bonds. The summed E-state index contributed by atoms with van der Waals surface area (Å²) in [5, 5.41) is 8.64. The van der Waals surface area contributed by atoms with Gasteiger partial charge in [-0.3, -0.25) is 0 Å². The van der Waals surface area contributed by atoms with Crippen LogP contribution in [0.15, 0.2) is 29.2 Å². The van der Waals surface area contributed by atoms with E-state index in [2.05, 4.69) is 4.72 Å². The van der Waals surface area contributed by atoms with Gasteiger partial charge in [0.25, 0.3) is 0 Å². The first-order valence-electron chi connectivity index (χ1n) is 5.01. The predicted octanol–water partition coefficient (Wildman–Crippen LogP) is 0.627. The highest BCUT2D eigenvalue weighted by Crippen LogP contribution is 2.19. The molecule has 0 aromatic heterocycles. The van der Waals surface area contributed by atoms with E-state index >= 15 is 0 Å². The molecule has 17 heavy (non-hydrogen) atoms. The predicted molar refractivity (Wildman–Crippen MR) is 64.5 cm³/mol. The summed E-state index contributed by atoms with van der Waals surface area (Å²) >= 11 is 5.79. The van der Waals surface area contributed by atoms with Gasteiger partial charge in [0.1, 0.15) is 4.90 Å². The highest BCUT2D eigenvalue weighted by atomic mass is 35.5. The molecule has 1 rings (SSSR count). The van der Waals surface area contributed by atoms with Crippen molar-refractivity contribution < 1.29 is 18.3 Å². The van der Waals surface area contributed by atoms with Gasteiger partial charge in [0.2, 0.25) is 10.0 Å². The van der Waals surface area contributed by atoms with E-state index in [0.29, 0.717) is 0 Å². The zero-order valence-electron chi connectivity index (χ0n) is 9.10.